The number of methoxy groups -OCH3 is 2. The maximum atomic E-state index is 11.6. The van der Waals surface area contributed by atoms with E-state index in [-0.39, 0.29) is 11.8 Å². The minimum atomic E-state index is -3.20. The van der Waals surface area contributed by atoms with Gasteiger partial charge in [-0.05, 0) is 13.0 Å². The van der Waals surface area contributed by atoms with Gasteiger partial charge in [-0.15, -0.1) is 0 Å². The van der Waals surface area contributed by atoms with Crippen molar-refractivity contribution >= 4 is 10.0 Å². The van der Waals surface area contributed by atoms with E-state index in [2.05, 4.69) is 10.0 Å². The van der Waals surface area contributed by atoms with Crippen molar-refractivity contribution in [3.05, 3.63) is 23.8 Å². The van der Waals surface area contributed by atoms with Crippen molar-refractivity contribution in [3.8, 4) is 11.5 Å². The molecule has 1 aromatic rings. The van der Waals surface area contributed by atoms with E-state index in [9.17, 15) is 8.42 Å². The normalized spacial score (nSPS) is 13.0. The summed E-state index contributed by atoms with van der Waals surface area (Å²) in [5, 5.41) is 3.19. The third-order valence-electron chi connectivity index (χ3n) is 3.09. The number of benzene rings is 1. The Hall–Kier alpha value is -1.31. The molecule has 0 saturated heterocycles. The molecule has 1 aromatic carbocycles. The number of nitrogens with one attached hydrogen (secondary N) is 2. The predicted octanol–water partition coefficient (Wildman–Crippen LogP) is 1.29. The van der Waals surface area contributed by atoms with Crippen molar-refractivity contribution in [3.63, 3.8) is 0 Å². The average Bonchev–Trinajstić information content (AvgIpc) is 2.46. The molecule has 0 heterocycles. The zero-order chi connectivity index (χ0) is 15.9. The molecule has 0 aliphatic heterocycles. The lowest BCUT2D eigenvalue weighted by Gasteiger charge is -2.18. The van der Waals surface area contributed by atoms with Crippen molar-refractivity contribution in [2.45, 2.75) is 19.9 Å². The van der Waals surface area contributed by atoms with E-state index >= 15 is 0 Å². The first-order chi connectivity index (χ1) is 9.93. The summed E-state index contributed by atoms with van der Waals surface area (Å²) in [4.78, 5) is 0. The molecule has 0 fully saturated rings. The molecule has 0 aromatic heterocycles. The summed E-state index contributed by atoms with van der Waals surface area (Å²) in [6.45, 7) is 4.50. The molecule has 0 aliphatic carbocycles. The van der Waals surface area contributed by atoms with E-state index in [0.717, 1.165) is 11.3 Å². The third kappa shape index (κ3) is 5.53. The molecular formula is C14H24N2O4S. The van der Waals surface area contributed by atoms with E-state index in [1.165, 1.54) is 0 Å². The summed E-state index contributed by atoms with van der Waals surface area (Å²) < 4.78 is 36.1. The highest BCUT2D eigenvalue weighted by Gasteiger charge is 2.14. The van der Waals surface area contributed by atoms with E-state index < -0.39 is 10.0 Å². The van der Waals surface area contributed by atoms with Crippen LogP contribution in [0.5, 0.6) is 11.5 Å². The van der Waals surface area contributed by atoms with Crippen LogP contribution < -0.4 is 19.5 Å². The Morgan fingerprint density at radius 1 is 1.24 bits per heavy atom. The van der Waals surface area contributed by atoms with Crippen LogP contribution in [0.15, 0.2) is 18.2 Å². The Balaban J connectivity index is 2.65. The second kappa shape index (κ2) is 8.21. The second-order valence-corrected chi connectivity index (χ2v) is 6.53. The van der Waals surface area contributed by atoms with Gasteiger partial charge in [-0.25, -0.2) is 13.1 Å². The van der Waals surface area contributed by atoms with Gasteiger partial charge >= 0.3 is 0 Å². The molecule has 0 aliphatic rings. The largest absolute Gasteiger partial charge is 0.497 e. The molecular weight excluding hydrogens is 292 g/mol. The number of ether oxygens (including phenoxy) is 2. The smallest absolute Gasteiger partial charge is 0.212 e. The Morgan fingerprint density at radius 3 is 2.52 bits per heavy atom. The topological polar surface area (TPSA) is 76.7 Å². The van der Waals surface area contributed by atoms with Crippen molar-refractivity contribution in [1.82, 2.24) is 10.0 Å². The zero-order valence-corrected chi connectivity index (χ0v) is 13.8. The average molecular weight is 316 g/mol. The molecule has 120 valence electrons. The lowest BCUT2D eigenvalue weighted by molar-refractivity contribution is 0.386. The Bertz CT molecular complexity index is 546. The molecule has 7 heteroatoms. The highest BCUT2D eigenvalue weighted by Crippen LogP contribution is 2.29. The fourth-order valence-corrected chi connectivity index (χ4v) is 2.96. The van der Waals surface area contributed by atoms with Gasteiger partial charge in [0.2, 0.25) is 10.0 Å². The fourth-order valence-electron chi connectivity index (χ4n) is 1.99. The lowest BCUT2D eigenvalue weighted by Crippen LogP contribution is -2.32. The van der Waals surface area contributed by atoms with Crippen LogP contribution in [0.25, 0.3) is 0 Å². The maximum Gasteiger partial charge on any atom is 0.212 e. The molecule has 1 unspecified atom stereocenters. The van der Waals surface area contributed by atoms with Gasteiger partial charge < -0.3 is 14.8 Å². The number of hydrogen-bond acceptors (Lipinski definition) is 5. The second-order valence-electron chi connectivity index (χ2n) is 4.60. The van der Waals surface area contributed by atoms with Gasteiger partial charge in [0.15, 0.2) is 0 Å². The van der Waals surface area contributed by atoms with Crippen LogP contribution in [-0.2, 0) is 10.0 Å². The number of hydrogen-bond donors (Lipinski definition) is 2. The van der Waals surface area contributed by atoms with E-state index in [4.69, 9.17) is 9.47 Å². The molecule has 0 spiro atoms. The van der Waals surface area contributed by atoms with Crippen LogP contribution in [0.3, 0.4) is 0 Å². The number of sulfonamides is 1. The van der Waals surface area contributed by atoms with Crippen molar-refractivity contribution in [2.24, 2.45) is 0 Å². The predicted molar refractivity (Wildman–Crippen MR) is 83.4 cm³/mol. The first-order valence-electron chi connectivity index (χ1n) is 6.86. The summed E-state index contributed by atoms with van der Waals surface area (Å²) in [6.07, 6.45) is 0. The zero-order valence-electron chi connectivity index (χ0n) is 13.0. The summed E-state index contributed by atoms with van der Waals surface area (Å²) in [5.41, 5.74) is 0.958. The van der Waals surface area contributed by atoms with Crippen LogP contribution >= 0.6 is 0 Å². The summed E-state index contributed by atoms with van der Waals surface area (Å²) in [5.74, 6) is 1.48. The maximum absolute atomic E-state index is 11.6. The quantitative estimate of drug-likeness (QED) is 0.718. The minimum absolute atomic E-state index is 0.0253. The van der Waals surface area contributed by atoms with Gasteiger partial charge in [0.1, 0.15) is 11.5 Å². The van der Waals surface area contributed by atoms with Crippen LogP contribution in [-0.4, -0.2) is 41.5 Å². The van der Waals surface area contributed by atoms with Gasteiger partial charge in [0.25, 0.3) is 0 Å². The summed E-state index contributed by atoms with van der Waals surface area (Å²) >= 11 is 0. The van der Waals surface area contributed by atoms with Crippen LogP contribution in [0, 0.1) is 0 Å². The Kier molecular flexibility index (Phi) is 6.94. The van der Waals surface area contributed by atoms with Crippen molar-refractivity contribution in [2.75, 3.05) is 33.1 Å². The SMILES string of the molecule is CCNS(=O)(=O)CCNC(C)c1ccc(OC)cc1OC. The first kappa shape index (κ1) is 17.7. The van der Waals surface area contributed by atoms with Gasteiger partial charge in [-0.3, -0.25) is 0 Å². The van der Waals surface area contributed by atoms with Gasteiger partial charge in [-0.1, -0.05) is 13.0 Å². The Labute approximate surface area is 126 Å². The van der Waals surface area contributed by atoms with Crippen LogP contribution in [0.4, 0.5) is 0 Å². The monoisotopic (exact) mass is 316 g/mol. The lowest BCUT2D eigenvalue weighted by atomic mass is 10.1. The summed E-state index contributed by atoms with van der Waals surface area (Å²) in [7, 11) is -0.00285. The molecule has 21 heavy (non-hydrogen) atoms. The minimum Gasteiger partial charge on any atom is -0.497 e. The van der Waals surface area contributed by atoms with Crippen LogP contribution in [0.1, 0.15) is 25.5 Å². The van der Waals surface area contributed by atoms with E-state index in [1.807, 2.05) is 25.1 Å². The highest BCUT2D eigenvalue weighted by atomic mass is 32.2. The molecule has 6 nitrogen and oxygen atoms in total. The molecule has 0 amide bonds. The van der Waals surface area contributed by atoms with Crippen LogP contribution in [0.2, 0.25) is 0 Å². The van der Waals surface area contributed by atoms with Gasteiger partial charge in [0, 0.05) is 30.8 Å². The first-order valence-corrected chi connectivity index (χ1v) is 8.51. The van der Waals surface area contributed by atoms with Gasteiger partial charge in [0.05, 0.1) is 20.0 Å². The van der Waals surface area contributed by atoms with E-state index in [0.29, 0.717) is 18.8 Å². The Morgan fingerprint density at radius 2 is 1.95 bits per heavy atom. The van der Waals surface area contributed by atoms with Crippen molar-refractivity contribution in [1.29, 1.82) is 0 Å². The number of rotatable bonds is 9. The third-order valence-corrected chi connectivity index (χ3v) is 4.56. The van der Waals surface area contributed by atoms with Gasteiger partial charge in [-0.2, -0.15) is 0 Å². The standard InChI is InChI=1S/C14H24N2O4S/c1-5-16-21(17,18)9-8-15-11(2)13-7-6-12(19-3)10-14(13)20-4/h6-7,10-11,15-16H,5,8-9H2,1-4H3. The highest BCUT2D eigenvalue weighted by molar-refractivity contribution is 7.89. The molecule has 0 saturated carbocycles. The molecule has 0 radical (unpaired) electrons. The fraction of sp³-hybridized carbons (Fsp3) is 0.571. The van der Waals surface area contributed by atoms with E-state index in [1.54, 1.807) is 21.1 Å². The molecule has 1 atom stereocenters. The molecule has 1 rings (SSSR count). The van der Waals surface area contributed by atoms with Crippen molar-refractivity contribution < 1.29 is 17.9 Å². The molecule has 2 N–H and O–H groups in total. The summed E-state index contributed by atoms with van der Waals surface area (Å²) in [6, 6.07) is 5.55. The molecule has 0 bridgehead atoms.